The van der Waals surface area contributed by atoms with E-state index in [2.05, 4.69) is 33.0 Å². The Morgan fingerprint density at radius 1 is 1.31 bits per heavy atom. The summed E-state index contributed by atoms with van der Waals surface area (Å²) in [5.74, 6) is 0. The number of rotatable bonds is 5. The van der Waals surface area contributed by atoms with Crippen molar-refractivity contribution < 1.29 is 4.43 Å². The van der Waals surface area contributed by atoms with Crippen LogP contribution in [0.3, 0.4) is 0 Å². The van der Waals surface area contributed by atoms with Crippen LogP contribution in [0, 0.1) is 0 Å². The number of hydrogen-bond donors (Lipinski definition) is 2. The summed E-state index contributed by atoms with van der Waals surface area (Å²) in [5.41, 5.74) is 6.27. The van der Waals surface area contributed by atoms with E-state index in [1.54, 1.807) is 0 Å². The highest BCUT2D eigenvalue weighted by molar-refractivity contribution is 6.56. The molecule has 95 valence electrons. The third-order valence-electron chi connectivity index (χ3n) is 3.94. The maximum absolute atomic E-state index is 6.55. The molecule has 0 aromatic carbocycles. The lowest BCUT2D eigenvalue weighted by atomic mass is 9.92. The average Bonchev–Trinajstić information content (AvgIpc) is 2.30. The standard InChI is InChI=1S/C12H27N2OSi/c1-5-12(13,14-6-2)11(3,4)16-10-8-7-9-15-16/h14H,5-10,13H2,1-4H3. The molecule has 1 unspecified atom stereocenters. The summed E-state index contributed by atoms with van der Waals surface area (Å²) in [5, 5.41) is 3.54. The SMILES string of the molecule is CCNC(N)(CC)C(C)(C)[Si]1CCCCO1. The van der Waals surface area contributed by atoms with E-state index in [-0.39, 0.29) is 10.7 Å². The van der Waals surface area contributed by atoms with E-state index in [1.807, 2.05) is 0 Å². The zero-order chi connectivity index (χ0) is 12.2. The first kappa shape index (κ1) is 14.2. The average molecular weight is 243 g/mol. The van der Waals surface area contributed by atoms with E-state index < -0.39 is 9.04 Å². The van der Waals surface area contributed by atoms with Gasteiger partial charge in [0.15, 0.2) is 0 Å². The molecular weight excluding hydrogens is 216 g/mol. The molecule has 1 aliphatic heterocycles. The fraction of sp³-hybridized carbons (Fsp3) is 1.00. The van der Waals surface area contributed by atoms with Crippen molar-refractivity contribution in [2.45, 2.75) is 63.7 Å². The molecule has 0 bridgehead atoms. The van der Waals surface area contributed by atoms with Crippen LogP contribution in [-0.2, 0) is 4.43 Å². The lowest BCUT2D eigenvalue weighted by Gasteiger charge is -2.48. The Bertz CT molecular complexity index is 217. The van der Waals surface area contributed by atoms with Crippen molar-refractivity contribution in [2.24, 2.45) is 5.73 Å². The predicted octanol–water partition coefficient (Wildman–Crippen LogP) is 2.24. The Morgan fingerprint density at radius 3 is 2.44 bits per heavy atom. The molecule has 0 spiro atoms. The summed E-state index contributed by atoms with van der Waals surface area (Å²) in [6.07, 6.45) is 3.48. The van der Waals surface area contributed by atoms with Gasteiger partial charge in [-0.05, 0) is 25.4 Å². The van der Waals surface area contributed by atoms with Gasteiger partial charge in [-0.1, -0.05) is 34.1 Å². The second kappa shape index (κ2) is 5.62. The van der Waals surface area contributed by atoms with Crippen LogP contribution in [0.15, 0.2) is 0 Å². The largest absolute Gasteiger partial charge is 0.416 e. The first-order chi connectivity index (χ1) is 7.48. The van der Waals surface area contributed by atoms with Gasteiger partial charge in [-0.25, -0.2) is 0 Å². The summed E-state index contributed by atoms with van der Waals surface area (Å²) >= 11 is 0. The van der Waals surface area contributed by atoms with Gasteiger partial charge in [0.1, 0.15) is 0 Å². The van der Waals surface area contributed by atoms with Crippen LogP contribution in [0.5, 0.6) is 0 Å². The van der Waals surface area contributed by atoms with Crippen molar-refractivity contribution in [3.05, 3.63) is 0 Å². The van der Waals surface area contributed by atoms with Gasteiger partial charge in [-0.15, -0.1) is 0 Å². The van der Waals surface area contributed by atoms with E-state index in [9.17, 15) is 0 Å². The van der Waals surface area contributed by atoms with E-state index in [0.29, 0.717) is 0 Å². The van der Waals surface area contributed by atoms with Crippen molar-refractivity contribution in [1.29, 1.82) is 0 Å². The fourth-order valence-corrected chi connectivity index (χ4v) is 5.36. The quantitative estimate of drug-likeness (QED) is 0.575. The Hall–Kier alpha value is 0.0969. The van der Waals surface area contributed by atoms with Gasteiger partial charge >= 0.3 is 0 Å². The van der Waals surface area contributed by atoms with Gasteiger partial charge in [-0.3, -0.25) is 5.32 Å². The smallest absolute Gasteiger partial charge is 0.220 e. The minimum Gasteiger partial charge on any atom is -0.416 e. The molecule has 1 aliphatic rings. The third kappa shape index (κ3) is 2.67. The summed E-state index contributed by atoms with van der Waals surface area (Å²) in [6, 6.07) is 1.24. The van der Waals surface area contributed by atoms with Gasteiger partial charge in [0.2, 0.25) is 9.04 Å². The Morgan fingerprint density at radius 2 is 2.00 bits per heavy atom. The first-order valence-electron chi connectivity index (χ1n) is 6.51. The summed E-state index contributed by atoms with van der Waals surface area (Å²) in [7, 11) is -0.802. The molecule has 1 radical (unpaired) electrons. The maximum atomic E-state index is 6.55. The number of nitrogens with one attached hydrogen (secondary N) is 1. The topological polar surface area (TPSA) is 47.3 Å². The lowest BCUT2D eigenvalue weighted by molar-refractivity contribution is 0.196. The highest BCUT2D eigenvalue weighted by Crippen LogP contribution is 2.43. The van der Waals surface area contributed by atoms with Gasteiger partial charge in [0, 0.05) is 11.6 Å². The molecule has 1 saturated heterocycles. The van der Waals surface area contributed by atoms with Crippen LogP contribution in [0.1, 0.15) is 47.0 Å². The van der Waals surface area contributed by atoms with Crippen molar-refractivity contribution in [1.82, 2.24) is 5.32 Å². The summed E-state index contributed by atoms with van der Waals surface area (Å²) in [4.78, 5) is 0. The van der Waals surface area contributed by atoms with Crippen molar-refractivity contribution in [3.8, 4) is 0 Å². The van der Waals surface area contributed by atoms with Gasteiger partial charge in [0.05, 0.1) is 5.66 Å². The fourth-order valence-electron chi connectivity index (χ4n) is 2.50. The molecule has 16 heavy (non-hydrogen) atoms. The van der Waals surface area contributed by atoms with Crippen LogP contribution in [0.2, 0.25) is 11.1 Å². The zero-order valence-electron chi connectivity index (χ0n) is 11.2. The Labute approximate surface area is 102 Å². The molecule has 0 aromatic heterocycles. The molecule has 1 rings (SSSR count). The molecule has 1 atom stereocenters. The van der Waals surface area contributed by atoms with E-state index in [4.69, 9.17) is 10.2 Å². The van der Waals surface area contributed by atoms with Gasteiger partial charge < -0.3 is 10.2 Å². The molecule has 0 aromatic rings. The first-order valence-corrected chi connectivity index (χ1v) is 8.12. The van der Waals surface area contributed by atoms with Crippen molar-refractivity contribution >= 4 is 9.04 Å². The normalized spacial score (nSPS) is 23.1. The van der Waals surface area contributed by atoms with Crippen LogP contribution < -0.4 is 11.1 Å². The number of nitrogens with two attached hydrogens (primary N) is 1. The number of hydrogen-bond acceptors (Lipinski definition) is 3. The lowest BCUT2D eigenvalue weighted by Crippen LogP contribution is -2.64. The van der Waals surface area contributed by atoms with Gasteiger partial charge in [0.25, 0.3) is 0 Å². The summed E-state index contributed by atoms with van der Waals surface area (Å²) in [6.45, 7) is 10.7. The van der Waals surface area contributed by atoms with Crippen molar-refractivity contribution in [2.75, 3.05) is 13.2 Å². The molecule has 4 heteroatoms. The monoisotopic (exact) mass is 243 g/mol. The zero-order valence-corrected chi connectivity index (χ0v) is 12.2. The predicted molar refractivity (Wildman–Crippen MR) is 70.7 cm³/mol. The highest BCUT2D eigenvalue weighted by atomic mass is 28.3. The molecule has 1 heterocycles. The Balaban J connectivity index is 2.78. The molecule has 1 fully saturated rings. The summed E-state index contributed by atoms with van der Waals surface area (Å²) < 4.78 is 6.02. The molecule has 0 saturated carbocycles. The van der Waals surface area contributed by atoms with E-state index in [0.717, 1.165) is 19.6 Å². The second-order valence-corrected chi connectivity index (χ2v) is 8.09. The van der Waals surface area contributed by atoms with Crippen LogP contribution in [0.25, 0.3) is 0 Å². The Kier molecular flexibility index (Phi) is 4.98. The minimum absolute atomic E-state index is 0.0723. The molecule has 0 aliphatic carbocycles. The molecule has 3 nitrogen and oxygen atoms in total. The van der Waals surface area contributed by atoms with E-state index in [1.165, 1.54) is 18.9 Å². The minimum atomic E-state index is -0.802. The molecule has 3 N–H and O–H groups in total. The van der Waals surface area contributed by atoms with Crippen LogP contribution in [0.4, 0.5) is 0 Å². The van der Waals surface area contributed by atoms with E-state index >= 15 is 0 Å². The molecule has 0 amide bonds. The second-order valence-electron chi connectivity index (χ2n) is 5.21. The van der Waals surface area contributed by atoms with Crippen LogP contribution >= 0.6 is 0 Å². The van der Waals surface area contributed by atoms with Crippen molar-refractivity contribution in [3.63, 3.8) is 0 Å². The van der Waals surface area contributed by atoms with Crippen LogP contribution in [-0.4, -0.2) is 27.9 Å². The maximum Gasteiger partial charge on any atom is 0.220 e. The molecular formula is C12H27N2OSi. The highest BCUT2D eigenvalue weighted by Gasteiger charge is 2.48. The third-order valence-corrected chi connectivity index (χ3v) is 7.14. The van der Waals surface area contributed by atoms with Gasteiger partial charge in [-0.2, -0.15) is 0 Å².